The van der Waals surface area contributed by atoms with Crippen molar-refractivity contribution in [3.8, 4) is 11.5 Å². The average Bonchev–Trinajstić information content (AvgIpc) is 3.43. The van der Waals surface area contributed by atoms with Gasteiger partial charge in [0.1, 0.15) is 0 Å². The average molecular weight is 339 g/mol. The highest BCUT2D eigenvalue weighted by Gasteiger charge is 2.51. The number of rotatable bonds is 6. The van der Waals surface area contributed by atoms with Crippen molar-refractivity contribution >= 4 is 11.6 Å². The van der Waals surface area contributed by atoms with Gasteiger partial charge in [-0.05, 0) is 48.1 Å². The Kier molecular flexibility index (Phi) is 4.71. The van der Waals surface area contributed by atoms with E-state index in [1.165, 1.54) is 0 Å². The molecule has 0 atom stereocenters. The molecule has 0 bridgehead atoms. The molecular weight excluding hydrogens is 314 g/mol. The first-order valence-electron chi connectivity index (χ1n) is 8.64. The molecule has 2 aromatic carbocycles. The van der Waals surface area contributed by atoms with E-state index in [4.69, 9.17) is 9.47 Å². The van der Waals surface area contributed by atoms with Crippen molar-refractivity contribution in [2.45, 2.75) is 38.0 Å². The Balaban J connectivity index is 1.88. The van der Waals surface area contributed by atoms with E-state index in [9.17, 15) is 4.79 Å². The molecule has 0 spiro atoms. The fourth-order valence-corrected chi connectivity index (χ4v) is 3.26. The van der Waals surface area contributed by atoms with Crippen LogP contribution in [0, 0.1) is 0 Å². The number of carbonyl (C=O) groups excluding carboxylic acids is 1. The molecule has 132 valence electrons. The van der Waals surface area contributed by atoms with Crippen molar-refractivity contribution in [2.24, 2.45) is 0 Å². The number of carbonyl (C=O) groups is 1. The number of para-hydroxylation sites is 1. The highest BCUT2D eigenvalue weighted by molar-refractivity contribution is 6.02. The molecule has 4 heteroatoms. The Morgan fingerprint density at radius 1 is 1.04 bits per heavy atom. The van der Waals surface area contributed by atoms with E-state index in [1.807, 2.05) is 36.4 Å². The van der Waals surface area contributed by atoms with Gasteiger partial charge in [-0.1, -0.05) is 38.1 Å². The summed E-state index contributed by atoms with van der Waals surface area (Å²) in [6.45, 7) is 4.26. The van der Waals surface area contributed by atoms with Crippen LogP contribution in [0.2, 0.25) is 0 Å². The lowest BCUT2D eigenvalue weighted by Gasteiger charge is -2.20. The maximum Gasteiger partial charge on any atom is 0.235 e. The normalized spacial score (nSPS) is 14.9. The van der Waals surface area contributed by atoms with Gasteiger partial charge in [0.25, 0.3) is 0 Å². The molecule has 0 saturated heterocycles. The Bertz CT molecular complexity index is 778. The number of hydrogen-bond acceptors (Lipinski definition) is 3. The second-order valence-corrected chi connectivity index (χ2v) is 6.85. The SMILES string of the molecule is COc1ccc(C2(C(=O)Nc3ccccc3C(C)C)CC2)cc1OC. The highest BCUT2D eigenvalue weighted by atomic mass is 16.5. The lowest BCUT2D eigenvalue weighted by molar-refractivity contribution is -0.118. The van der Waals surface area contributed by atoms with Crippen LogP contribution in [0.4, 0.5) is 5.69 Å². The Hall–Kier alpha value is -2.49. The summed E-state index contributed by atoms with van der Waals surface area (Å²) in [5.74, 6) is 1.73. The maximum absolute atomic E-state index is 13.0. The Labute approximate surface area is 149 Å². The number of methoxy groups -OCH3 is 2. The summed E-state index contributed by atoms with van der Waals surface area (Å²) in [6, 6.07) is 13.7. The number of amides is 1. The van der Waals surface area contributed by atoms with E-state index >= 15 is 0 Å². The quantitative estimate of drug-likeness (QED) is 0.843. The van der Waals surface area contributed by atoms with Crippen LogP contribution >= 0.6 is 0 Å². The second-order valence-electron chi connectivity index (χ2n) is 6.85. The molecule has 0 aromatic heterocycles. The van der Waals surface area contributed by atoms with Gasteiger partial charge in [-0.25, -0.2) is 0 Å². The summed E-state index contributed by atoms with van der Waals surface area (Å²) in [5.41, 5.74) is 2.56. The zero-order valence-corrected chi connectivity index (χ0v) is 15.3. The van der Waals surface area contributed by atoms with Crippen molar-refractivity contribution in [1.29, 1.82) is 0 Å². The van der Waals surface area contributed by atoms with Gasteiger partial charge >= 0.3 is 0 Å². The zero-order valence-electron chi connectivity index (χ0n) is 15.3. The van der Waals surface area contributed by atoms with Gasteiger partial charge in [0.2, 0.25) is 5.91 Å². The topological polar surface area (TPSA) is 47.6 Å². The monoisotopic (exact) mass is 339 g/mol. The molecule has 0 radical (unpaired) electrons. The van der Waals surface area contributed by atoms with Crippen molar-refractivity contribution in [3.05, 3.63) is 53.6 Å². The van der Waals surface area contributed by atoms with Crippen molar-refractivity contribution in [3.63, 3.8) is 0 Å². The van der Waals surface area contributed by atoms with Gasteiger partial charge in [0.05, 0.1) is 19.6 Å². The Morgan fingerprint density at radius 2 is 1.72 bits per heavy atom. The number of benzene rings is 2. The summed E-state index contributed by atoms with van der Waals surface area (Å²) in [7, 11) is 3.22. The molecule has 1 aliphatic carbocycles. The summed E-state index contributed by atoms with van der Waals surface area (Å²) in [4.78, 5) is 13.0. The summed E-state index contributed by atoms with van der Waals surface area (Å²) in [6.07, 6.45) is 1.69. The number of ether oxygens (including phenoxy) is 2. The van der Waals surface area contributed by atoms with Gasteiger partial charge in [0.15, 0.2) is 11.5 Å². The van der Waals surface area contributed by atoms with Crippen molar-refractivity contribution in [2.75, 3.05) is 19.5 Å². The third kappa shape index (κ3) is 3.21. The molecule has 1 N–H and O–H groups in total. The molecule has 25 heavy (non-hydrogen) atoms. The third-order valence-corrected chi connectivity index (χ3v) is 4.95. The van der Waals surface area contributed by atoms with Crippen LogP contribution in [-0.2, 0) is 10.2 Å². The van der Waals surface area contributed by atoms with Crippen LogP contribution in [0.5, 0.6) is 11.5 Å². The molecular formula is C21H25NO3. The van der Waals surface area contributed by atoms with Crippen molar-refractivity contribution < 1.29 is 14.3 Å². The smallest absolute Gasteiger partial charge is 0.235 e. The van der Waals surface area contributed by atoms with E-state index in [2.05, 4.69) is 25.2 Å². The largest absolute Gasteiger partial charge is 0.493 e. The maximum atomic E-state index is 13.0. The second kappa shape index (κ2) is 6.79. The van der Waals surface area contributed by atoms with E-state index in [0.717, 1.165) is 29.7 Å². The minimum absolute atomic E-state index is 0.0489. The fraction of sp³-hybridized carbons (Fsp3) is 0.381. The Morgan fingerprint density at radius 3 is 2.32 bits per heavy atom. The van der Waals surface area contributed by atoms with E-state index < -0.39 is 5.41 Å². The summed E-state index contributed by atoms with van der Waals surface area (Å²) < 4.78 is 10.7. The summed E-state index contributed by atoms with van der Waals surface area (Å²) in [5, 5.41) is 3.15. The number of nitrogens with one attached hydrogen (secondary N) is 1. The zero-order chi connectivity index (χ0) is 18.0. The van der Waals surface area contributed by atoms with Crippen molar-refractivity contribution in [1.82, 2.24) is 0 Å². The van der Waals surface area contributed by atoms with E-state index in [-0.39, 0.29) is 5.91 Å². The van der Waals surface area contributed by atoms with Gasteiger partial charge < -0.3 is 14.8 Å². The lowest BCUT2D eigenvalue weighted by atomic mass is 9.93. The van der Waals surface area contributed by atoms with Crippen LogP contribution < -0.4 is 14.8 Å². The van der Waals surface area contributed by atoms with Gasteiger partial charge in [-0.2, -0.15) is 0 Å². The lowest BCUT2D eigenvalue weighted by Crippen LogP contribution is -2.28. The minimum Gasteiger partial charge on any atom is -0.493 e. The van der Waals surface area contributed by atoms with E-state index in [0.29, 0.717) is 17.4 Å². The van der Waals surface area contributed by atoms with Gasteiger partial charge in [-0.3, -0.25) is 4.79 Å². The van der Waals surface area contributed by atoms with Crippen LogP contribution in [0.3, 0.4) is 0 Å². The molecule has 1 fully saturated rings. The molecule has 1 aliphatic rings. The van der Waals surface area contributed by atoms with Crippen LogP contribution in [0.1, 0.15) is 43.7 Å². The number of hydrogen-bond donors (Lipinski definition) is 1. The first-order valence-corrected chi connectivity index (χ1v) is 8.64. The van der Waals surface area contributed by atoms with Gasteiger partial charge in [0, 0.05) is 5.69 Å². The first kappa shape index (κ1) is 17.3. The highest BCUT2D eigenvalue weighted by Crippen LogP contribution is 2.50. The van der Waals surface area contributed by atoms with Crippen LogP contribution in [0.25, 0.3) is 0 Å². The van der Waals surface area contributed by atoms with Crippen LogP contribution in [0.15, 0.2) is 42.5 Å². The predicted molar refractivity (Wildman–Crippen MR) is 99.6 cm³/mol. The molecule has 3 rings (SSSR count). The molecule has 1 saturated carbocycles. The van der Waals surface area contributed by atoms with E-state index in [1.54, 1.807) is 14.2 Å². The molecule has 0 aliphatic heterocycles. The predicted octanol–water partition coefficient (Wildman–Crippen LogP) is 4.50. The standard InChI is InChI=1S/C21H25NO3/c1-14(2)16-7-5-6-8-17(16)22-20(23)21(11-12-21)15-9-10-18(24-3)19(13-15)25-4/h5-10,13-14H,11-12H2,1-4H3,(H,22,23). The molecule has 0 heterocycles. The number of anilines is 1. The molecule has 0 unspecified atom stereocenters. The molecule has 4 nitrogen and oxygen atoms in total. The fourth-order valence-electron chi connectivity index (χ4n) is 3.26. The third-order valence-electron chi connectivity index (χ3n) is 4.95. The first-order chi connectivity index (χ1) is 12.0. The molecule has 2 aromatic rings. The summed E-state index contributed by atoms with van der Waals surface area (Å²) >= 11 is 0. The minimum atomic E-state index is -0.469. The molecule has 1 amide bonds. The van der Waals surface area contributed by atoms with Gasteiger partial charge in [-0.15, -0.1) is 0 Å². The van der Waals surface area contributed by atoms with Crippen LogP contribution in [-0.4, -0.2) is 20.1 Å².